The van der Waals surface area contributed by atoms with E-state index in [1.54, 1.807) is 7.11 Å². The van der Waals surface area contributed by atoms with Crippen molar-refractivity contribution in [2.45, 2.75) is 44.9 Å². The van der Waals surface area contributed by atoms with Gasteiger partial charge in [-0.25, -0.2) is 0 Å². The minimum absolute atomic E-state index is 0. The van der Waals surface area contributed by atoms with Gasteiger partial charge in [0.15, 0.2) is 0 Å². The van der Waals surface area contributed by atoms with Gasteiger partial charge in [-0.3, -0.25) is 9.69 Å². The van der Waals surface area contributed by atoms with Gasteiger partial charge in [-0.15, -0.1) is 0 Å². The summed E-state index contributed by atoms with van der Waals surface area (Å²) in [6.45, 7) is 6.01. The predicted molar refractivity (Wildman–Crippen MR) is 118 cm³/mol. The normalized spacial score (nSPS) is 23.0. The van der Waals surface area contributed by atoms with Gasteiger partial charge in [0.25, 0.3) is 0 Å². The van der Waals surface area contributed by atoms with Crippen LogP contribution in [0.25, 0.3) is 0 Å². The fourth-order valence-corrected chi connectivity index (χ4v) is 4.73. The molecule has 1 aliphatic carbocycles. The number of hydrogen-bond acceptors (Lipinski definition) is 5. The van der Waals surface area contributed by atoms with E-state index < -0.39 is 0 Å². The van der Waals surface area contributed by atoms with Crippen LogP contribution in [-0.4, -0.2) is 57.1 Å². The van der Waals surface area contributed by atoms with Gasteiger partial charge in [-0.2, -0.15) is 5.26 Å². The third-order valence-electron chi connectivity index (χ3n) is 6.63. The van der Waals surface area contributed by atoms with Gasteiger partial charge in [0.05, 0.1) is 18.2 Å². The summed E-state index contributed by atoms with van der Waals surface area (Å²) in [7, 11) is 1.66. The molecule has 1 saturated heterocycles. The number of anilines is 1. The quantitative estimate of drug-likeness (QED) is 0.625. The zero-order chi connectivity index (χ0) is 20.5. The molecule has 1 aliphatic heterocycles. The molecular formula is C24H37N3O2. The number of ether oxygens (including phenoxy) is 1. The van der Waals surface area contributed by atoms with Crippen molar-refractivity contribution in [2.75, 3.05) is 51.3 Å². The number of carbonyl (C=O) groups excluding carboxylic acids is 1. The van der Waals surface area contributed by atoms with E-state index >= 15 is 0 Å². The summed E-state index contributed by atoms with van der Waals surface area (Å²) in [6.07, 6.45) is 7.60. The fourth-order valence-electron chi connectivity index (χ4n) is 4.73. The second-order valence-electron chi connectivity index (χ2n) is 8.65. The summed E-state index contributed by atoms with van der Waals surface area (Å²) in [5, 5.41) is 9.09. The van der Waals surface area contributed by atoms with E-state index in [4.69, 9.17) is 10.00 Å². The molecule has 0 atom stereocenters. The topological polar surface area (TPSA) is 56.6 Å². The van der Waals surface area contributed by atoms with E-state index in [9.17, 15) is 4.79 Å². The molecular weight excluding hydrogens is 362 g/mol. The first-order valence-corrected chi connectivity index (χ1v) is 11.2. The van der Waals surface area contributed by atoms with Crippen LogP contribution >= 0.6 is 0 Å². The second-order valence-corrected chi connectivity index (χ2v) is 8.65. The average molecular weight is 400 g/mol. The first kappa shape index (κ1) is 21.8. The lowest BCUT2D eigenvalue weighted by Crippen LogP contribution is -2.47. The molecule has 1 saturated carbocycles. The maximum absolute atomic E-state index is 11.9. The number of Topliss-reactive ketones (excluding diaryl/α,β-unsaturated/α-hetero) is 1. The summed E-state index contributed by atoms with van der Waals surface area (Å²) >= 11 is 0. The number of nitriles is 1. The molecule has 2 aliphatic rings. The third-order valence-corrected chi connectivity index (χ3v) is 6.63. The Balaban J connectivity index is 0.00000320. The highest BCUT2D eigenvalue weighted by Crippen LogP contribution is 2.33. The third kappa shape index (κ3) is 6.83. The highest BCUT2D eigenvalue weighted by Gasteiger charge is 2.24. The maximum Gasteiger partial charge on any atom is 0.135 e. The number of rotatable bonds is 9. The van der Waals surface area contributed by atoms with Crippen molar-refractivity contribution in [3.8, 4) is 6.07 Å². The molecule has 0 amide bonds. The Bertz CT molecular complexity index is 690. The van der Waals surface area contributed by atoms with Crippen LogP contribution in [-0.2, 0) is 9.53 Å². The molecule has 29 heavy (non-hydrogen) atoms. The number of benzene rings is 1. The van der Waals surface area contributed by atoms with Gasteiger partial charge < -0.3 is 9.64 Å². The van der Waals surface area contributed by atoms with Gasteiger partial charge in [0.1, 0.15) is 5.78 Å². The molecule has 0 aromatic heterocycles. The summed E-state index contributed by atoms with van der Waals surface area (Å²) in [5.74, 6) is 1.79. The van der Waals surface area contributed by atoms with E-state index in [1.165, 1.54) is 44.3 Å². The molecule has 5 heteroatoms. The first-order chi connectivity index (χ1) is 14.2. The van der Waals surface area contributed by atoms with E-state index in [0.29, 0.717) is 24.7 Å². The molecule has 1 heterocycles. The van der Waals surface area contributed by atoms with Crippen molar-refractivity contribution >= 4 is 11.5 Å². The SMILES string of the molecule is COCCC(=O)CC1CCC(CCN2CCN(c3cccc(C#N)c3)CC2)CC1.[HH]. The van der Waals surface area contributed by atoms with Crippen LogP contribution in [0.3, 0.4) is 0 Å². The lowest BCUT2D eigenvalue weighted by molar-refractivity contribution is -0.121. The van der Waals surface area contributed by atoms with Gasteiger partial charge in [0, 0.05) is 53.2 Å². The van der Waals surface area contributed by atoms with Crippen LogP contribution in [0.15, 0.2) is 24.3 Å². The Labute approximate surface area is 177 Å². The van der Waals surface area contributed by atoms with Gasteiger partial charge in [0.2, 0.25) is 0 Å². The Hall–Kier alpha value is -1.90. The van der Waals surface area contributed by atoms with Gasteiger partial charge in [-0.1, -0.05) is 18.9 Å². The van der Waals surface area contributed by atoms with E-state index in [1.807, 2.05) is 18.2 Å². The Morgan fingerprint density at radius 3 is 2.59 bits per heavy atom. The Morgan fingerprint density at radius 1 is 1.17 bits per heavy atom. The molecule has 0 spiro atoms. The Kier molecular flexibility index (Phi) is 8.52. The van der Waals surface area contributed by atoms with Crippen molar-refractivity contribution in [3.63, 3.8) is 0 Å². The largest absolute Gasteiger partial charge is 0.384 e. The number of methoxy groups -OCH3 is 1. The lowest BCUT2D eigenvalue weighted by atomic mass is 9.78. The van der Waals surface area contributed by atoms with Gasteiger partial charge >= 0.3 is 0 Å². The van der Waals surface area contributed by atoms with Crippen molar-refractivity contribution < 1.29 is 11.0 Å². The smallest absolute Gasteiger partial charge is 0.135 e. The zero-order valence-corrected chi connectivity index (χ0v) is 17.8. The minimum Gasteiger partial charge on any atom is -0.384 e. The molecule has 1 aromatic carbocycles. The molecule has 3 rings (SSSR count). The summed E-state index contributed by atoms with van der Waals surface area (Å²) in [4.78, 5) is 16.9. The summed E-state index contributed by atoms with van der Waals surface area (Å²) < 4.78 is 5.01. The van der Waals surface area contributed by atoms with E-state index in [2.05, 4.69) is 21.9 Å². The van der Waals surface area contributed by atoms with Crippen molar-refractivity contribution in [1.29, 1.82) is 5.26 Å². The molecule has 0 bridgehead atoms. The van der Waals surface area contributed by atoms with Crippen LogP contribution < -0.4 is 4.90 Å². The average Bonchev–Trinajstić information content (AvgIpc) is 2.77. The second kappa shape index (κ2) is 11.3. The molecule has 0 radical (unpaired) electrons. The summed E-state index contributed by atoms with van der Waals surface area (Å²) in [5.41, 5.74) is 1.91. The van der Waals surface area contributed by atoms with Crippen molar-refractivity contribution in [1.82, 2.24) is 4.90 Å². The molecule has 0 N–H and O–H groups in total. The molecule has 160 valence electrons. The Morgan fingerprint density at radius 2 is 1.90 bits per heavy atom. The van der Waals surface area contributed by atoms with Crippen LogP contribution in [0.4, 0.5) is 5.69 Å². The zero-order valence-electron chi connectivity index (χ0n) is 17.8. The minimum atomic E-state index is 0. The fraction of sp³-hybridized carbons (Fsp3) is 0.667. The van der Waals surface area contributed by atoms with Crippen LogP contribution in [0.1, 0.15) is 51.9 Å². The standard InChI is InChI=1S/C24H35N3O2.H2/c1-29-16-10-24(28)18-21-7-5-20(6-8-21)9-11-26-12-14-27(15-13-26)23-4-2-3-22(17-23)19-25;/h2-4,17,20-21H,5-16,18H2,1H3;1H. The maximum atomic E-state index is 11.9. The van der Waals surface area contributed by atoms with Crippen LogP contribution in [0.5, 0.6) is 0 Å². The lowest BCUT2D eigenvalue weighted by Gasteiger charge is -2.37. The number of hydrogen-bond donors (Lipinski definition) is 0. The molecule has 2 fully saturated rings. The first-order valence-electron chi connectivity index (χ1n) is 11.2. The van der Waals surface area contributed by atoms with Crippen LogP contribution in [0, 0.1) is 23.2 Å². The monoisotopic (exact) mass is 399 g/mol. The van der Waals surface area contributed by atoms with E-state index in [-0.39, 0.29) is 1.43 Å². The van der Waals surface area contributed by atoms with Crippen molar-refractivity contribution in [2.24, 2.45) is 11.8 Å². The van der Waals surface area contributed by atoms with Gasteiger partial charge in [-0.05, 0) is 55.8 Å². The molecule has 1 aromatic rings. The van der Waals surface area contributed by atoms with Crippen LogP contribution in [0.2, 0.25) is 0 Å². The number of nitrogens with zero attached hydrogens (tertiary/aromatic N) is 3. The highest BCUT2D eigenvalue weighted by atomic mass is 16.5. The highest BCUT2D eigenvalue weighted by molar-refractivity contribution is 5.78. The number of piperazine rings is 1. The number of ketones is 1. The van der Waals surface area contributed by atoms with E-state index in [0.717, 1.165) is 44.1 Å². The summed E-state index contributed by atoms with van der Waals surface area (Å²) in [6, 6.07) is 10.2. The molecule has 5 nitrogen and oxygen atoms in total. The number of carbonyl (C=O) groups is 1. The van der Waals surface area contributed by atoms with Crippen molar-refractivity contribution in [3.05, 3.63) is 29.8 Å². The predicted octanol–water partition coefficient (Wildman–Crippen LogP) is 4.12. The molecule has 0 unspecified atom stereocenters.